The number of rotatable bonds is 65. The van der Waals surface area contributed by atoms with Crippen molar-refractivity contribution in [2.75, 3.05) is 40.9 Å². The molecule has 0 aliphatic rings. The van der Waals surface area contributed by atoms with Crippen molar-refractivity contribution in [2.24, 2.45) is 0 Å². The number of carbonyl (C=O) groups is 2. The van der Waals surface area contributed by atoms with Crippen LogP contribution >= 0.6 is 7.82 Å². The summed E-state index contributed by atoms with van der Waals surface area (Å²) in [5.74, 6) is -0.515. The summed E-state index contributed by atoms with van der Waals surface area (Å²) in [5.41, 5.74) is 0. The molecule has 1 amide bonds. The van der Waals surface area contributed by atoms with Crippen LogP contribution in [0.25, 0.3) is 0 Å². The van der Waals surface area contributed by atoms with Crippen LogP contribution in [0, 0.1) is 0 Å². The van der Waals surface area contributed by atoms with E-state index >= 15 is 0 Å². The van der Waals surface area contributed by atoms with Gasteiger partial charge in [0.15, 0.2) is 0 Å². The van der Waals surface area contributed by atoms with Crippen LogP contribution in [0.3, 0.4) is 0 Å². The van der Waals surface area contributed by atoms with Crippen LogP contribution in [0.15, 0.2) is 48.6 Å². The number of amides is 1. The van der Waals surface area contributed by atoms with E-state index in [1.54, 1.807) is 0 Å². The molecule has 0 radical (unpaired) electrons. The number of quaternary nitrogens is 1. The van der Waals surface area contributed by atoms with Crippen molar-refractivity contribution in [1.82, 2.24) is 5.32 Å². The van der Waals surface area contributed by atoms with Gasteiger partial charge in [-0.25, -0.2) is 4.57 Å². The molecule has 0 saturated heterocycles. The molecule has 0 fully saturated rings. The van der Waals surface area contributed by atoms with E-state index < -0.39 is 20.0 Å². The van der Waals surface area contributed by atoms with Crippen LogP contribution in [-0.4, -0.2) is 74.3 Å². The molecule has 0 bridgehead atoms. The number of phosphoric acid groups is 1. The van der Waals surface area contributed by atoms with Gasteiger partial charge in [-0.05, 0) is 70.3 Å². The highest BCUT2D eigenvalue weighted by molar-refractivity contribution is 7.47. The van der Waals surface area contributed by atoms with Gasteiger partial charge in [0.05, 0.1) is 33.8 Å². The van der Waals surface area contributed by atoms with Gasteiger partial charge in [0, 0.05) is 12.8 Å². The van der Waals surface area contributed by atoms with E-state index in [9.17, 15) is 19.0 Å². The fourth-order valence-electron chi connectivity index (χ4n) is 10.5. The summed E-state index contributed by atoms with van der Waals surface area (Å²) < 4.78 is 30.8. The standard InChI is InChI=1S/C72H137N2O7P/c1-7-10-13-16-19-22-25-28-30-32-33-34-35-36-37-38-39-40-41-43-45-47-50-53-56-59-62-65-72(76)81-70(63-60-57-54-51-48-27-24-21-18-15-12-9-3)69(68-80-82(77,78)79-67-66-74(4,5)6)73-71(75)64-61-58-55-52-49-46-44-42-31-29-26-23-20-17-14-11-8-2/h20,23,29,31,44,46,60,63,69-70H,7-19,21-22,24-28,30,32-43,45,47-59,61-62,64-68H2,1-6H3,(H-,73,75,77,78)/p+1/b23-20-,31-29-,46-44-,63-60-. The molecule has 2 N–H and O–H groups in total. The first-order valence-electron chi connectivity index (χ1n) is 35.5. The summed E-state index contributed by atoms with van der Waals surface area (Å²) in [6.07, 6.45) is 78.5. The van der Waals surface area contributed by atoms with Crippen LogP contribution in [0.4, 0.5) is 0 Å². The van der Waals surface area contributed by atoms with E-state index in [4.69, 9.17) is 13.8 Å². The molecule has 3 unspecified atom stereocenters. The molecule has 0 aromatic rings. The Kier molecular flexibility index (Phi) is 60.5. The van der Waals surface area contributed by atoms with Crippen molar-refractivity contribution >= 4 is 19.7 Å². The Labute approximate surface area is 509 Å². The number of hydrogen-bond donors (Lipinski definition) is 2. The second-order valence-corrected chi connectivity index (χ2v) is 26.9. The van der Waals surface area contributed by atoms with Crippen molar-refractivity contribution in [3.63, 3.8) is 0 Å². The molecule has 9 nitrogen and oxygen atoms in total. The highest BCUT2D eigenvalue weighted by atomic mass is 31.2. The SMILES string of the molecule is CCCCC/C=C\C/C=C\C/C=C\CCCCCCC(=O)NC(COP(=O)(O)OCC[N+](C)(C)C)C(/C=C\CCCCCCCCCCCC)OC(=O)CCCCCCCCCCCCCCCCCCCCCCCCCCCCC. The molecule has 0 aromatic heterocycles. The summed E-state index contributed by atoms with van der Waals surface area (Å²) in [6.45, 7) is 7.01. The van der Waals surface area contributed by atoms with Crippen molar-refractivity contribution in [2.45, 2.75) is 360 Å². The Morgan fingerprint density at radius 1 is 0.427 bits per heavy atom. The van der Waals surface area contributed by atoms with Gasteiger partial charge in [0.25, 0.3) is 0 Å². The fraction of sp³-hybridized carbons (Fsp3) is 0.861. The number of phosphoric ester groups is 1. The highest BCUT2D eigenvalue weighted by Gasteiger charge is 2.30. The average Bonchev–Trinajstić information content (AvgIpc) is 3.44. The van der Waals surface area contributed by atoms with Gasteiger partial charge in [0.2, 0.25) is 5.91 Å². The van der Waals surface area contributed by atoms with Gasteiger partial charge in [-0.2, -0.15) is 0 Å². The molecule has 0 spiro atoms. The number of ether oxygens (including phenoxy) is 1. The summed E-state index contributed by atoms with van der Waals surface area (Å²) in [4.78, 5) is 37.8. The molecular formula is C72H138N2O7P+. The molecular weight excluding hydrogens is 1040 g/mol. The van der Waals surface area contributed by atoms with E-state index in [-0.39, 0.29) is 25.1 Å². The maximum absolute atomic E-state index is 13.6. The van der Waals surface area contributed by atoms with Gasteiger partial charge < -0.3 is 19.4 Å². The predicted octanol–water partition coefficient (Wildman–Crippen LogP) is 22.4. The lowest BCUT2D eigenvalue weighted by molar-refractivity contribution is -0.870. The normalized spacial score (nSPS) is 13.8. The Morgan fingerprint density at radius 3 is 1.13 bits per heavy atom. The average molecular weight is 1170 g/mol. The lowest BCUT2D eigenvalue weighted by Crippen LogP contribution is -2.47. The third-order valence-corrected chi connectivity index (χ3v) is 17.0. The Balaban J connectivity index is 5.01. The Morgan fingerprint density at radius 2 is 0.744 bits per heavy atom. The van der Waals surface area contributed by atoms with E-state index in [0.717, 1.165) is 83.5 Å². The number of allylic oxidation sites excluding steroid dienone is 7. The first kappa shape index (κ1) is 80.0. The van der Waals surface area contributed by atoms with Gasteiger partial charge in [-0.15, -0.1) is 0 Å². The Bertz CT molecular complexity index is 1540. The number of hydrogen-bond acceptors (Lipinski definition) is 6. The van der Waals surface area contributed by atoms with Crippen LogP contribution in [0.1, 0.15) is 348 Å². The minimum Gasteiger partial charge on any atom is -0.456 e. The molecule has 10 heteroatoms. The molecule has 0 aliphatic heterocycles. The number of esters is 1. The van der Waals surface area contributed by atoms with Crippen LogP contribution in [-0.2, 0) is 27.9 Å². The summed E-state index contributed by atoms with van der Waals surface area (Å²) in [7, 11) is 1.49. The number of nitrogens with one attached hydrogen (secondary N) is 1. The smallest absolute Gasteiger partial charge is 0.456 e. The molecule has 0 aromatic carbocycles. The zero-order valence-corrected chi connectivity index (χ0v) is 56.1. The Hall–Kier alpha value is -2.03. The number of likely N-dealkylation sites (N-methyl/N-ethyl adjacent to an activating group) is 1. The summed E-state index contributed by atoms with van der Waals surface area (Å²) in [5, 5.41) is 3.06. The van der Waals surface area contributed by atoms with Gasteiger partial charge in [-0.1, -0.05) is 314 Å². The van der Waals surface area contributed by atoms with Crippen molar-refractivity contribution in [3.8, 4) is 0 Å². The number of carbonyl (C=O) groups excluding carboxylic acids is 2. The van der Waals surface area contributed by atoms with Gasteiger partial charge in [-0.3, -0.25) is 18.6 Å². The third-order valence-electron chi connectivity index (χ3n) is 16.0. The fourth-order valence-corrected chi connectivity index (χ4v) is 11.3. The van der Waals surface area contributed by atoms with Gasteiger partial charge in [0.1, 0.15) is 19.3 Å². The minimum atomic E-state index is -4.46. The van der Waals surface area contributed by atoms with Crippen molar-refractivity contribution in [1.29, 1.82) is 0 Å². The maximum atomic E-state index is 13.6. The maximum Gasteiger partial charge on any atom is 0.472 e. The molecule has 82 heavy (non-hydrogen) atoms. The number of nitrogens with zero attached hydrogens (tertiary/aromatic N) is 1. The first-order chi connectivity index (χ1) is 39.9. The quantitative estimate of drug-likeness (QED) is 0.0205. The molecule has 0 rings (SSSR count). The van der Waals surface area contributed by atoms with E-state index in [1.807, 2.05) is 33.3 Å². The van der Waals surface area contributed by atoms with Crippen molar-refractivity contribution in [3.05, 3.63) is 48.6 Å². The number of unbranched alkanes of at least 4 members (excludes halogenated alkanes) is 43. The van der Waals surface area contributed by atoms with E-state index in [0.29, 0.717) is 23.9 Å². The monoisotopic (exact) mass is 1170 g/mol. The third kappa shape index (κ3) is 62.5. The topological polar surface area (TPSA) is 111 Å². The van der Waals surface area contributed by atoms with Crippen molar-refractivity contribution < 1.29 is 37.3 Å². The molecule has 482 valence electrons. The second kappa shape index (κ2) is 62.0. The van der Waals surface area contributed by atoms with Crippen LogP contribution in [0.5, 0.6) is 0 Å². The van der Waals surface area contributed by atoms with Crippen LogP contribution in [0.2, 0.25) is 0 Å². The van der Waals surface area contributed by atoms with E-state index in [2.05, 4.69) is 62.5 Å². The lowest BCUT2D eigenvalue weighted by Gasteiger charge is -2.27. The zero-order valence-electron chi connectivity index (χ0n) is 55.2. The molecule has 0 heterocycles. The molecule has 0 aliphatic carbocycles. The van der Waals surface area contributed by atoms with Gasteiger partial charge >= 0.3 is 13.8 Å². The van der Waals surface area contributed by atoms with E-state index in [1.165, 1.54) is 231 Å². The van der Waals surface area contributed by atoms with Crippen LogP contribution < -0.4 is 5.32 Å². The minimum absolute atomic E-state index is 0.0368. The summed E-state index contributed by atoms with van der Waals surface area (Å²) in [6, 6.07) is -0.859. The second-order valence-electron chi connectivity index (χ2n) is 25.4. The zero-order chi connectivity index (χ0) is 60.0. The first-order valence-corrected chi connectivity index (χ1v) is 37.0. The molecule has 0 saturated carbocycles. The largest absolute Gasteiger partial charge is 0.472 e. The summed E-state index contributed by atoms with van der Waals surface area (Å²) >= 11 is 0. The highest BCUT2D eigenvalue weighted by Crippen LogP contribution is 2.43. The molecule has 3 atom stereocenters. The lowest BCUT2D eigenvalue weighted by atomic mass is 10.0. The predicted molar refractivity (Wildman–Crippen MR) is 355 cm³/mol.